The summed E-state index contributed by atoms with van der Waals surface area (Å²) in [5, 5.41) is 15.5. The fourth-order valence-corrected chi connectivity index (χ4v) is 3.43. The van der Waals surface area contributed by atoms with Crippen LogP contribution >= 0.6 is 11.8 Å². The van der Waals surface area contributed by atoms with Gasteiger partial charge < -0.3 is 14.9 Å². The summed E-state index contributed by atoms with van der Waals surface area (Å²) in [5.41, 5.74) is 0.0181. The van der Waals surface area contributed by atoms with Crippen LogP contribution in [0.3, 0.4) is 0 Å². The number of aromatic nitrogens is 1. The average Bonchev–Trinajstić information content (AvgIpc) is 2.99. The van der Waals surface area contributed by atoms with Gasteiger partial charge in [0.25, 0.3) is 5.91 Å². The number of carbonyl (C=O) groups excluding carboxylic acids is 1. The second kappa shape index (κ2) is 6.10. The van der Waals surface area contributed by atoms with E-state index in [9.17, 15) is 9.59 Å². The van der Waals surface area contributed by atoms with Crippen molar-refractivity contribution >= 4 is 23.6 Å². The summed E-state index contributed by atoms with van der Waals surface area (Å²) in [6.45, 7) is 2.10. The van der Waals surface area contributed by atoms with E-state index >= 15 is 0 Å². The van der Waals surface area contributed by atoms with E-state index in [0.717, 1.165) is 31.1 Å². The Hall–Kier alpha value is -1.50. The standard InChI is InChI=1S/C12H16N2O4S/c1-2-19-10-5-3-4-7(10)13-11(15)8-6-9(12(16)17)18-14-8/h6-7,10H,2-5H2,1H3,(H,13,15)(H,16,17). The van der Waals surface area contributed by atoms with Gasteiger partial charge in [0.15, 0.2) is 5.69 Å². The van der Waals surface area contributed by atoms with E-state index in [-0.39, 0.29) is 23.4 Å². The summed E-state index contributed by atoms with van der Waals surface area (Å²) < 4.78 is 4.57. The summed E-state index contributed by atoms with van der Waals surface area (Å²) in [6.07, 6.45) is 3.15. The highest BCUT2D eigenvalue weighted by molar-refractivity contribution is 7.99. The van der Waals surface area contributed by atoms with Crippen LogP contribution in [0.2, 0.25) is 0 Å². The molecule has 1 heterocycles. The van der Waals surface area contributed by atoms with Crippen LogP contribution in [0.15, 0.2) is 10.6 Å². The number of carboxylic acids is 1. The molecular weight excluding hydrogens is 268 g/mol. The Morgan fingerprint density at radius 1 is 1.58 bits per heavy atom. The number of nitrogens with one attached hydrogen (secondary N) is 1. The summed E-state index contributed by atoms with van der Waals surface area (Å²) in [5.74, 6) is -0.905. The average molecular weight is 284 g/mol. The fraction of sp³-hybridized carbons (Fsp3) is 0.583. The number of nitrogens with zero attached hydrogens (tertiary/aromatic N) is 1. The monoisotopic (exact) mass is 284 g/mol. The van der Waals surface area contributed by atoms with Gasteiger partial charge in [-0.3, -0.25) is 4.79 Å². The zero-order chi connectivity index (χ0) is 13.8. The molecule has 7 heteroatoms. The summed E-state index contributed by atoms with van der Waals surface area (Å²) >= 11 is 1.84. The summed E-state index contributed by atoms with van der Waals surface area (Å²) in [7, 11) is 0. The van der Waals surface area contributed by atoms with Crippen LogP contribution in [0.1, 0.15) is 47.2 Å². The summed E-state index contributed by atoms with van der Waals surface area (Å²) in [6, 6.07) is 1.27. The molecule has 6 nitrogen and oxygen atoms in total. The minimum atomic E-state index is -1.23. The Labute approximate surface area is 114 Å². The van der Waals surface area contributed by atoms with Crippen LogP contribution in [0.25, 0.3) is 0 Å². The Morgan fingerprint density at radius 3 is 3.00 bits per heavy atom. The molecule has 0 saturated heterocycles. The predicted octanol–water partition coefficient (Wildman–Crippen LogP) is 1.78. The van der Waals surface area contributed by atoms with E-state index in [2.05, 4.69) is 21.9 Å². The smallest absolute Gasteiger partial charge is 0.374 e. The Kier molecular flexibility index (Phi) is 4.47. The van der Waals surface area contributed by atoms with E-state index in [1.165, 1.54) is 0 Å². The molecule has 2 rings (SSSR count). The number of carbonyl (C=O) groups is 2. The zero-order valence-corrected chi connectivity index (χ0v) is 11.4. The predicted molar refractivity (Wildman–Crippen MR) is 70.5 cm³/mol. The van der Waals surface area contributed by atoms with Gasteiger partial charge in [-0.25, -0.2) is 4.79 Å². The SMILES string of the molecule is CCSC1CCCC1NC(=O)c1cc(C(=O)O)on1. The first-order chi connectivity index (χ1) is 9.11. The number of amides is 1. The topological polar surface area (TPSA) is 92.4 Å². The van der Waals surface area contributed by atoms with Crippen molar-refractivity contribution in [2.24, 2.45) is 0 Å². The van der Waals surface area contributed by atoms with Gasteiger partial charge in [0.1, 0.15) is 0 Å². The van der Waals surface area contributed by atoms with Crippen LogP contribution < -0.4 is 5.32 Å². The molecule has 1 aliphatic rings. The number of thioether (sulfide) groups is 1. The van der Waals surface area contributed by atoms with Crippen LogP contribution in [0.4, 0.5) is 0 Å². The second-order valence-electron chi connectivity index (χ2n) is 4.39. The minimum Gasteiger partial charge on any atom is -0.475 e. The van der Waals surface area contributed by atoms with Gasteiger partial charge in [-0.15, -0.1) is 0 Å². The van der Waals surface area contributed by atoms with Crippen molar-refractivity contribution in [3.8, 4) is 0 Å². The largest absolute Gasteiger partial charge is 0.475 e. The third kappa shape index (κ3) is 3.28. The lowest BCUT2D eigenvalue weighted by Crippen LogP contribution is -2.38. The van der Waals surface area contributed by atoms with Crippen molar-refractivity contribution in [2.45, 2.75) is 37.5 Å². The van der Waals surface area contributed by atoms with E-state index in [4.69, 9.17) is 5.11 Å². The van der Waals surface area contributed by atoms with Crippen molar-refractivity contribution in [1.82, 2.24) is 10.5 Å². The number of hydrogen-bond acceptors (Lipinski definition) is 5. The minimum absolute atomic E-state index is 0.0181. The molecule has 19 heavy (non-hydrogen) atoms. The molecule has 2 unspecified atom stereocenters. The van der Waals surface area contributed by atoms with Crippen LogP contribution in [0, 0.1) is 0 Å². The molecule has 0 aliphatic heterocycles. The molecule has 0 radical (unpaired) electrons. The van der Waals surface area contributed by atoms with Crippen molar-refractivity contribution in [3.63, 3.8) is 0 Å². The lowest BCUT2D eigenvalue weighted by molar-refractivity contribution is 0.0651. The molecule has 1 amide bonds. The maximum atomic E-state index is 12.0. The van der Waals surface area contributed by atoms with Crippen molar-refractivity contribution in [3.05, 3.63) is 17.5 Å². The number of rotatable bonds is 5. The maximum Gasteiger partial charge on any atom is 0.374 e. The van der Waals surface area contributed by atoms with Gasteiger partial charge in [0, 0.05) is 17.4 Å². The molecule has 1 saturated carbocycles. The molecule has 1 aliphatic carbocycles. The zero-order valence-electron chi connectivity index (χ0n) is 10.6. The van der Waals surface area contributed by atoms with E-state index in [1.54, 1.807) is 0 Å². The van der Waals surface area contributed by atoms with E-state index < -0.39 is 5.97 Å². The van der Waals surface area contributed by atoms with E-state index in [0.29, 0.717) is 5.25 Å². The van der Waals surface area contributed by atoms with Crippen molar-refractivity contribution in [1.29, 1.82) is 0 Å². The lowest BCUT2D eigenvalue weighted by Gasteiger charge is -2.19. The first-order valence-electron chi connectivity index (χ1n) is 6.24. The van der Waals surface area contributed by atoms with Gasteiger partial charge >= 0.3 is 5.97 Å². The van der Waals surface area contributed by atoms with Crippen LogP contribution in [-0.4, -0.2) is 39.2 Å². The number of carboxylic acid groups (broad SMARTS) is 1. The Balaban J connectivity index is 1.98. The van der Waals surface area contributed by atoms with Crippen molar-refractivity contribution in [2.75, 3.05) is 5.75 Å². The molecule has 1 aromatic rings. The molecule has 104 valence electrons. The second-order valence-corrected chi connectivity index (χ2v) is 5.90. The van der Waals surface area contributed by atoms with Gasteiger partial charge in [0.05, 0.1) is 0 Å². The lowest BCUT2D eigenvalue weighted by atomic mass is 10.2. The van der Waals surface area contributed by atoms with Gasteiger partial charge in [-0.05, 0) is 18.6 Å². The highest BCUT2D eigenvalue weighted by atomic mass is 32.2. The highest BCUT2D eigenvalue weighted by Crippen LogP contribution is 2.30. The van der Waals surface area contributed by atoms with Gasteiger partial charge in [-0.2, -0.15) is 11.8 Å². The quantitative estimate of drug-likeness (QED) is 0.856. The van der Waals surface area contributed by atoms with Crippen LogP contribution in [-0.2, 0) is 0 Å². The molecule has 1 fully saturated rings. The third-order valence-electron chi connectivity index (χ3n) is 3.10. The third-order valence-corrected chi connectivity index (χ3v) is 4.43. The molecule has 0 aromatic carbocycles. The number of hydrogen-bond donors (Lipinski definition) is 2. The highest BCUT2D eigenvalue weighted by Gasteiger charge is 2.29. The summed E-state index contributed by atoms with van der Waals surface area (Å²) in [4.78, 5) is 22.6. The maximum absolute atomic E-state index is 12.0. The molecule has 1 aromatic heterocycles. The molecule has 0 bridgehead atoms. The Bertz CT molecular complexity index is 474. The molecular formula is C12H16N2O4S. The van der Waals surface area contributed by atoms with Crippen LogP contribution in [0.5, 0.6) is 0 Å². The first kappa shape index (κ1) is 13.9. The number of aromatic carboxylic acids is 1. The van der Waals surface area contributed by atoms with E-state index in [1.807, 2.05) is 11.8 Å². The molecule has 2 N–H and O–H groups in total. The normalized spacial score (nSPS) is 22.4. The fourth-order valence-electron chi connectivity index (χ4n) is 2.23. The Morgan fingerprint density at radius 2 is 2.37 bits per heavy atom. The first-order valence-corrected chi connectivity index (χ1v) is 7.29. The van der Waals surface area contributed by atoms with Crippen molar-refractivity contribution < 1.29 is 19.2 Å². The molecule has 0 spiro atoms. The molecule has 2 atom stereocenters. The van der Waals surface area contributed by atoms with Gasteiger partial charge in [0.2, 0.25) is 5.76 Å². The van der Waals surface area contributed by atoms with Gasteiger partial charge in [-0.1, -0.05) is 18.5 Å².